The standard InChI is InChI=1S/C26H23NO6/c1-31-18-11-9-17(10-12-18)27-23(16-7-5-4-6-8-16)22(25(29)26(27)30)24(28)20-15-19(32-2)13-14-21(20)33-3/h4-15,23,28H,1-3H3/b24-22+. The quantitative estimate of drug-likeness (QED) is 0.345. The number of rotatable bonds is 6. The molecule has 1 amide bonds. The van der Waals surface area contributed by atoms with Crippen LogP contribution < -0.4 is 19.1 Å². The van der Waals surface area contributed by atoms with Crippen molar-refractivity contribution in [3.8, 4) is 17.2 Å². The van der Waals surface area contributed by atoms with Gasteiger partial charge in [-0.25, -0.2) is 0 Å². The third kappa shape index (κ3) is 3.89. The van der Waals surface area contributed by atoms with Crippen molar-refractivity contribution < 1.29 is 28.9 Å². The molecule has 1 fully saturated rings. The molecule has 1 saturated heterocycles. The molecule has 0 aliphatic carbocycles. The molecule has 168 valence electrons. The molecule has 0 radical (unpaired) electrons. The fraction of sp³-hybridized carbons (Fsp3) is 0.154. The lowest BCUT2D eigenvalue weighted by molar-refractivity contribution is -0.132. The monoisotopic (exact) mass is 445 g/mol. The highest BCUT2D eigenvalue weighted by molar-refractivity contribution is 6.51. The molecule has 1 aliphatic heterocycles. The molecule has 0 saturated carbocycles. The summed E-state index contributed by atoms with van der Waals surface area (Å²) < 4.78 is 15.9. The molecule has 4 rings (SSSR count). The second-order valence-electron chi connectivity index (χ2n) is 7.34. The number of aliphatic hydroxyl groups is 1. The largest absolute Gasteiger partial charge is 0.507 e. The number of aliphatic hydroxyl groups excluding tert-OH is 1. The van der Waals surface area contributed by atoms with Crippen LogP contribution in [0.2, 0.25) is 0 Å². The van der Waals surface area contributed by atoms with Crippen LogP contribution in [0.4, 0.5) is 5.69 Å². The van der Waals surface area contributed by atoms with Gasteiger partial charge in [-0.05, 0) is 48.0 Å². The maximum atomic E-state index is 13.3. The molecule has 3 aromatic rings. The van der Waals surface area contributed by atoms with Crippen molar-refractivity contribution in [1.29, 1.82) is 0 Å². The topological polar surface area (TPSA) is 85.3 Å². The van der Waals surface area contributed by atoms with Gasteiger partial charge in [0.25, 0.3) is 11.7 Å². The number of ketones is 1. The molecular formula is C26H23NO6. The Morgan fingerprint density at radius 2 is 1.45 bits per heavy atom. The van der Waals surface area contributed by atoms with Gasteiger partial charge < -0.3 is 19.3 Å². The summed E-state index contributed by atoms with van der Waals surface area (Å²) in [5, 5.41) is 11.3. The van der Waals surface area contributed by atoms with Crippen LogP contribution >= 0.6 is 0 Å². The summed E-state index contributed by atoms with van der Waals surface area (Å²) >= 11 is 0. The number of ether oxygens (including phenoxy) is 3. The van der Waals surface area contributed by atoms with Gasteiger partial charge in [0.1, 0.15) is 23.0 Å². The van der Waals surface area contributed by atoms with E-state index in [0.717, 1.165) is 0 Å². The molecule has 0 bridgehead atoms. The summed E-state index contributed by atoms with van der Waals surface area (Å²) in [6.45, 7) is 0. The number of hydrogen-bond donors (Lipinski definition) is 1. The minimum Gasteiger partial charge on any atom is -0.507 e. The van der Waals surface area contributed by atoms with E-state index in [2.05, 4.69) is 0 Å². The van der Waals surface area contributed by atoms with Gasteiger partial charge in [-0.2, -0.15) is 0 Å². The van der Waals surface area contributed by atoms with Crippen molar-refractivity contribution in [3.63, 3.8) is 0 Å². The Balaban J connectivity index is 1.95. The number of carbonyl (C=O) groups excluding carboxylic acids is 2. The number of anilines is 1. The molecule has 7 heteroatoms. The van der Waals surface area contributed by atoms with E-state index in [-0.39, 0.29) is 16.9 Å². The van der Waals surface area contributed by atoms with Crippen molar-refractivity contribution in [2.45, 2.75) is 6.04 Å². The van der Waals surface area contributed by atoms with Crippen LogP contribution in [-0.2, 0) is 9.59 Å². The maximum Gasteiger partial charge on any atom is 0.300 e. The van der Waals surface area contributed by atoms with E-state index in [9.17, 15) is 14.7 Å². The highest BCUT2D eigenvalue weighted by atomic mass is 16.5. The lowest BCUT2D eigenvalue weighted by Crippen LogP contribution is -2.29. The number of amides is 1. The number of hydrogen-bond acceptors (Lipinski definition) is 6. The van der Waals surface area contributed by atoms with Crippen LogP contribution in [0.1, 0.15) is 17.2 Å². The van der Waals surface area contributed by atoms with Crippen LogP contribution in [-0.4, -0.2) is 38.1 Å². The van der Waals surface area contributed by atoms with Crippen LogP contribution in [0.25, 0.3) is 5.76 Å². The second kappa shape index (κ2) is 9.08. The molecule has 33 heavy (non-hydrogen) atoms. The Labute approximate surface area is 191 Å². The van der Waals surface area contributed by atoms with Crippen LogP contribution in [0.5, 0.6) is 17.2 Å². The van der Waals surface area contributed by atoms with Gasteiger partial charge in [0.2, 0.25) is 0 Å². The van der Waals surface area contributed by atoms with Gasteiger partial charge in [-0.1, -0.05) is 30.3 Å². The minimum absolute atomic E-state index is 0.0337. The average Bonchev–Trinajstić information content (AvgIpc) is 3.14. The zero-order chi connectivity index (χ0) is 23.5. The fourth-order valence-corrected chi connectivity index (χ4v) is 3.94. The lowest BCUT2D eigenvalue weighted by atomic mass is 9.94. The van der Waals surface area contributed by atoms with Gasteiger partial charge in [-0.3, -0.25) is 14.5 Å². The van der Waals surface area contributed by atoms with E-state index in [4.69, 9.17) is 14.2 Å². The molecule has 3 aromatic carbocycles. The number of carbonyl (C=O) groups is 2. The number of Topliss-reactive ketones (excluding diaryl/α,β-unsaturated/α-hetero) is 1. The maximum absolute atomic E-state index is 13.3. The van der Waals surface area contributed by atoms with Crippen molar-refractivity contribution in [2.24, 2.45) is 0 Å². The van der Waals surface area contributed by atoms with Crippen molar-refractivity contribution in [3.05, 3.63) is 89.5 Å². The highest BCUT2D eigenvalue weighted by Gasteiger charge is 2.47. The Hall–Kier alpha value is -4.26. The van der Waals surface area contributed by atoms with Crippen LogP contribution in [0, 0.1) is 0 Å². The van der Waals surface area contributed by atoms with E-state index in [1.807, 2.05) is 30.3 Å². The van der Waals surface area contributed by atoms with E-state index < -0.39 is 17.7 Å². The van der Waals surface area contributed by atoms with Gasteiger partial charge in [0.15, 0.2) is 0 Å². The van der Waals surface area contributed by atoms with Gasteiger partial charge >= 0.3 is 0 Å². The number of nitrogens with zero attached hydrogens (tertiary/aromatic N) is 1. The van der Waals surface area contributed by atoms with E-state index in [1.165, 1.54) is 19.1 Å². The molecule has 7 nitrogen and oxygen atoms in total. The normalized spacial score (nSPS) is 17.2. The number of methoxy groups -OCH3 is 3. The summed E-state index contributed by atoms with van der Waals surface area (Å²) in [5.41, 5.74) is 1.40. The van der Waals surface area contributed by atoms with Crippen molar-refractivity contribution in [2.75, 3.05) is 26.2 Å². The predicted octanol–water partition coefficient (Wildman–Crippen LogP) is 4.34. The predicted molar refractivity (Wildman–Crippen MR) is 124 cm³/mol. The van der Waals surface area contributed by atoms with Crippen LogP contribution in [0.15, 0.2) is 78.4 Å². The molecule has 0 aromatic heterocycles. The summed E-state index contributed by atoms with van der Waals surface area (Å²) in [6.07, 6.45) is 0. The van der Waals surface area contributed by atoms with Gasteiger partial charge in [0.05, 0.1) is 38.5 Å². The van der Waals surface area contributed by atoms with Crippen molar-refractivity contribution in [1.82, 2.24) is 0 Å². The SMILES string of the molecule is COc1ccc(N2C(=O)C(=O)/C(=C(/O)c3cc(OC)ccc3OC)C2c2ccccc2)cc1. The Kier molecular flexibility index (Phi) is 6.04. The first-order valence-electron chi connectivity index (χ1n) is 10.2. The first-order valence-corrected chi connectivity index (χ1v) is 10.2. The zero-order valence-electron chi connectivity index (χ0n) is 18.4. The van der Waals surface area contributed by atoms with E-state index in [0.29, 0.717) is 28.5 Å². The Bertz CT molecular complexity index is 1220. The molecule has 1 N–H and O–H groups in total. The first-order chi connectivity index (χ1) is 16.0. The van der Waals surface area contributed by atoms with Crippen LogP contribution in [0.3, 0.4) is 0 Å². The molecule has 1 heterocycles. The Morgan fingerprint density at radius 3 is 2.06 bits per heavy atom. The molecule has 0 spiro atoms. The fourth-order valence-electron chi connectivity index (χ4n) is 3.94. The third-order valence-corrected chi connectivity index (χ3v) is 5.57. The molecule has 1 unspecified atom stereocenters. The second-order valence-corrected chi connectivity index (χ2v) is 7.34. The average molecular weight is 445 g/mol. The first kappa shape index (κ1) is 22.0. The number of benzene rings is 3. The lowest BCUT2D eigenvalue weighted by Gasteiger charge is -2.25. The molecule has 1 atom stereocenters. The third-order valence-electron chi connectivity index (χ3n) is 5.57. The van der Waals surface area contributed by atoms with E-state index >= 15 is 0 Å². The molecular weight excluding hydrogens is 422 g/mol. The Morgan fingerprint density at radius 1 is 0.818 bits per heavy atom. The minimum atomic E-state index is -0.837. The highest BCUT2D eigenvalue weighted by Crippen LogP contribution is 2.43. The summed E-state index contributed by atoms with van der Waals surface area (Å²) in [6, 6.07) is 19.9. The summed E-state index contributed by atoms with van der Waals surface area (Å²) in [7, 11) is 4.51. The van der Waals surface area contributed by atoms with E-state index in [1.54, 1.807) is 49.6 Å². The van der Waals surface area contributed by atoms with Gasteiger partial charge in [-0.15, -0.1) is 0 Å². The van der Waals surface area contributed by atoms with Crippen molar-refractivity contribution >= 4 is 23.1 Å². The zero-order valence-corrected chi connectivity index (χ0v) is 18.4. The smallest absolute Gasteiger partial charge is 0.300 e. The molecule has 1 aliphatic rings. The summed E-state index contributed by atoms with van der Waals surface area (Å²) in [4.78, 5) is 27.9. The summed E-state index contributed by atoms with van der Waals surface area (Å²) in [5.74, 6) is -0.435. The van der Waals surface area contributed by atoms with Gasteiger partial charge in [0, 0.05) is 5.69 Å².